The Labute approximate surface area is 235 Å². The van der Waals surface area contributed by atoms with Crippen molar-refractivity contribution in [1.82, 2.24) is 45.0 Å². The molecule has 14 heteroatoms. The number of aryl methyl sites for hydroxylation is 1. The minimum absolute atomic E-state index is 0.0450. The van der Waals surface area contributed by atoms with E-state index in [1.54, 1.807) is 17.3 Å². The number of H-pyrrole nitrogens is 1. The molecular formula is C27H32N10O4. The number of nitrogen functional groups attached to an aromatic ring is 1. The van der Waals surface area contributed by atoms with Crippen molar-refractivity contribution in [1.29, 1.82) is 0 Å². The highest BCUT2D eigenvalue weighted by molar-refractivity contribution is 6.00. The summed E-state index contributed by atoms with van der Waals surface area (Å²) in [6.45, 7) is 7.63. The smallest absolute Gasteiger partial charge is 0.407 e. The molecule has 3 atom stereocenters. The number of cyclic esters (lactones) is 1. The van der Waals surface area contributed by atoms with Crippen molar-refractivity contribution >= 4 is 29.2 Å². The standard InChI is InChI=1S/C27H32N10O4/c1-5-14(2)36(26(39)24-30-13-31-35-24)15(3)6-8-20-22(16(4)38)23(28)37-25(33-20)18(11-32-37)17-7-9-19(29-10-17)21-12-41-27(40)34-21/h7,9-11,13-15,21H,5-6,8,12,28H2,1-4H3,(H,34,40)(H,30,31,35)/t14-,15+,21-/m0/s1. The molecule has 0 aromatic carbocycles. The van der Waals surface area contributed by atoms with E-state index in [-0.39, 0.29) is 48.1 Å². The molecule has 0 bridgehead atoms. The molecule has 0 radical (unpaired) electrons. The number of nitrogens with zero attached hydrogens (tertiary/aromatic N) is 7. The van der Waals surface area contributed by atoms with Crippen LogP contribution in [0, 0.1) is 0 Å². The zero-order valence-electron chi connectivity index (χ0n) is 23.3. The van der Waals surface area contributed by atoms with Crippen LogP contribution in [0.3, 0.4) is 0 Å². The van der Waals surface area contributed by atoms with Gasteiger partial charge in [0.25, 0.3) is 5.91 Å². The molecule has 0 unspecified atom stereocenters. The number of alkyl carbamates (subject to hydrolysis) is 1. The Morgan fingerprint density at radius 3 is 2.66 bits per heavy atom. The fourth-order valence-corrected chi connectivity index (χ4v) is 5.09. The molecule has 1 saturated heterocycles. The molecule has 5 heterocycles. The quantitative estimate of drug-likeness (QED) is 0.243. The second-order valence-electron chi connectivity index (χ2n) is 10.1. The lowest BCUT2D eigenvalue weighted by molar-refractivity contribution is 0.0580. The van der Waals surface area contributed by atoms with Crippen LogP contribution < -0.4 is 11.1 Å². The number of aromatic nitrogens is 7. The van der Waals surface area contributed by atoms with Gasteiger partial charge in [0.15, 0.2) is 11.4 Å². The number of aromatic amines is 1. The lowest BCUT2D eigenvalue weighted by Gasteiger charge is -2.33. The number of nitrogens with two attached hydrogens (primary N) is 1. The number of amides is 2. The predicted molar refractivity (Wildman–Crippen MR) is 148 cm³/mol. The number of ketones is 1. The van der Waals surface area contributed by atoms with Crippen LogP contribution in [-0.4, -0.2) is 76.1 Å². The first-order valence-electron chi connectivity index (χ1n) is 13.4. The summed E-state index contributed by atoms with van der Waals surface area (Å²) in [6.07, 6.45) is 5.90. The molecule has 0 saturated carbocycles. The van der Waals surface area contributed by atoms with Crippen molar-refractivity contribution in [2.24, 2.45) is 0 Å². The average molecular weight is 561 g/mol. The van der Waals surface area contributed by atoms with Crippen LogP contribution in [0.2, 0.25) is 0 Å². The third kappa shape index (κ3) is 5.32. The average Bonchev–Trinajstić information content (AvgIpc) is 3.73. The molecule has 1 aliphatic rings. The molecule has 4 N–H and O–H groups in total. The zero-order chi connectivity index (χ0) is 29.3. The van der Waals surface area contributed by atoms with Crippen molar-refractivity contribution in [2.75, 3.05) is 12.3 Å². The molecule has 4 aromatic rings. The van der Waals surface area contributed by atoms with Gasteiger partial charge in [-0.2, -0.15) is 9.61 Å². The second kappa shape index (κ2) is 11.3. The Morgan fingerprint density at radius 2 is 2.05 bits per heavy atom. The summed E-state index contributed by atoms with van der Waals surface area (Å²) in [5.74, 6) is -0.0863. The summed E-state index contributed by atoms with van der Waals surface area (Å²) in [7, 11) is 0. The lowest BCUT2D eigenvalue weighted by Crippen LogP contribution is -2.45. The molecule has 2 amide bonds. The van der Waals surface area contributed by atoms with Gasteiger partial charge in [0, 0.05) is 29.4 Å². The Morgan fingerprint density at radius 1 is 1.24 bits per heavy atom. The Hall–Kier alpha value is -4.88. The van der Waals surface area contributed by atoms with Gasteiger partial charge in [-0.3, -0.25) is 14.6 Å². The van der Waals surface area contributed by atoms with E-state index in [1.165, 1.54) is 17.8 Å². The highest BCUT2D eigenvalue weighted by Crippen LogP contribution is 2.29. The molecule has 0 spiro atoms. The maximum absolute atomic E-state index is 13.2. The number of ether oxygens (including phenoxy) is 1. The SMILES string of the molecule is CC[C@H](C)N(C(=O)c1nnc[nH]1)[C@H](C)CCc1nc2c(-c3ccc([C@@H]4COC(=O)N4)nc3)cnn2c(N)c1C(C)=O. The Balaban J connectivity index is 1.45. The molecule has 5 rings (SSSR count). The van der Waals surface area contributed by atoms with Crippen molar-refractivity contribution in [2.45, 2.75) is 65.1 Å². The molecule has 1 fully saturated rings. The normalized spacial score (nSPS) is 16.3. The number of fused-ring (bicyclic) bond motifs is 1. The van der Waals surface area contributed by atoms with E-state index in [0.717, 1.165) is 12.0 Å². The molecular weight excluding hydrogens is 528 g/mol. The third-order valence-electron chi connectivity index (χ3n) is 7.43. The van der Waals surface area contributed by atoms with Gasteiger partial charge < -0.3 is 25.7 Å². The second-order valence-corrected chi connectivity index (χ2v) is 10.1. The molecule has 41 heavy (non-hydrogen) atoms. The van der Waals surface area contributed by atoms with Crippen LogP contribution in [0.4, 0.5) is 10.6 Å². The maximum Gasteiger partial charge on any atom is 0.407 e. The van der Waals surface area contributed by atoms with Crippen molar-refractivity contribution in [3.05, 3.63) is 53.6 Å². The van der Waals surface area contributed by atoms with Gasteiger partial charge in [-0.05, 0) is 46.1 Å². The number of carbonyl (C=O) groups is 3. The first kappa shape index (κ1) is 27.7. The van der Waals surface area contributed by atoms with Crippen LogP contribution in [0.5, 0.6) is 0 Å². The highest BCUT2D eigenvalue weighted by atomic mass is 16.6. The summed E-state index contributed by atoms with van der Waals surface area (Å²) >= 11 is 0. The van der Waals surface area contributed by atoms with Crippen LogP contribution >= 0.6 is 0 Å². The molecule has 14 nitrogen and oxygen atoms in total. The van der Waals surface area contributed by atoms with Gasteiger partial charge in [0.05, 0.1) is 23.1 Å². The molecule has 4 aromatic heterocycles. The number of rotatable bonds is 10. The highest BCUT2D eigenvalue weighted by Gasteiger charge is 2.29. The molecule has 1 aliphatic heterocycles. The number of nitrogens with one attached hydrogen (secondary N) is 2. The minimum Gasteiger partial charge on any atom is -0.447 e. The summed E-state index contributed by atoms with van der Waals surface area (Å²) in [5.41, 5.74) is 9.89. The van der Waals surface area contributed by atoms with Crippen molar-refractivity contribution in [3.8, 4) is 11.1 Å². The topological polar surface area (TPSA) is 186 Å². The molecule has 214 valence electrons. The molecule has 0 aliphatic carbocycles. The van der Waals surface area contributed by atoms with Gasteiger partial charge in [-0.25, -0.2) is 9.78 Å². The van der Waals surface area contributed by atoms with E-state index in [4.69, 9.17) is 15.5 Å². The van der Waals surface area contributed by atoms with Gasteiger partial charge in [-0.1, -0.05) is 13.0 Å². The van der Waals surface area contributed by atoms with E-state index in [9.17, 15) is 14.4 Å². The summed E-state index contributed by atoms with van der Waals surface area (Å²) < 4.78 is 6.41. The Bertz CT molecular complexity index is 1580. The van der Waals surface area contributed by atoms with E-state index >= 15 is 0 Å². The number of carbonyl (C=O) groups excluding carboxylic acids is 3. The number of hydrogen-bond donors (Lipinski definition) is 3. The van der Waals surface area contributed by atoms with Gasteiger partial charge in [0.2, 0.25) is 5.82 Å². The minimum atomic E-state index is -0.471. The zero-order valence-corrected chi connectivity index (χ0v) is 23.3. The van der Waals surface area contributed by atoms with E-state index < -0.39 is 6.09 Å². The number of Topliss-reactive ketones (excluding diaryl/α,β-unsaturated/α-hetero) is 1. The maximum atomic E-state index is 13.2. The number of hydrogen-bond acceptors (Lipinski definition) is 10. The first-order chi connectivity index (χ1) is 19.7. The van der Waals surface area contributed by atoms with Gasteiger partial charge in [0.1, 0.15) is 24.8 Å². The van der Waals surface area contributed by atoms with Crippen LogP contribution in [0.1, 0.15) is 78.9 Å². The van der Waals surface area contributed by atoms with Crippen molar-refractivity contribution < 1.29 is 19.1 Å². The Kier molecular flexibility index (Phi) is 7.64. The summed E-state index contributed by atoms with van der Waals surface area (Å²) in [6, 6.07) is 3.12. The predicted octanol–water partition coefficient (Wildman–Crippen LogP) is 2.74. The summed E-state index contributed by atoms with van der Waals surface area (Å²) in [4.78, 5) is 51.2. The number of anilines is 1. The van der Waals surface area contributed by atoms with Crippen LogP contribution in [0.15, 0.2) is 30.9 Å². The van der Waals surface area contributed by atoms with Crippen molar-refractivity contribution in [3.63, 3.8) is 0 Å². The number of pyridine rings is 1. The van der Waals surface area contributed by atoms with Gasteiger partial charge >= 0.3 is 6.09 Å². The van der Waals surface area contributed by atoms with Crippen LogP contribution in [-0.2, 0) is 11.2 Å². The van der Waals surface area contributed by atoms with E-state index in [2.05, 4.69) is 30.6 Å². The fraction of sp³-hybridized carbons (Fsp3) is 0.407. The van der Waals surface area contributed by atoms with Crippen LogP contribution in [0.25, 0.3) is 16.8 Å². The summed E-state index contributed by atoms with van der Waals surface area (Å²) in [5, 5.41) is 14.7. The fourth-order valence-electron chi connectivity index (χ4n) is 5.09. The third-order valence-corrected chi connectivity index (χ3v) is 7.43. The lowest BCUT2D eigenvalue weighted by atomic mass is 10.0. The monoisotopic (exact) mass is 560 g/mol. The largest absolute Gasteiger partial charge is 0.447 e. The first-order valence-corrected chi connectivity index (χ1v) is 13.4. The van der Waals surface area contributed by atoms with Gasteiger partial charge in [-0.15, -0.1) is 10.2 Å². The van der Waals surface area contributed by atoms with E-state index in [1.807, 2.05) is 32.9 Å². The van der Waals surface area contributed by atoms with E-state index in [0.29, 0.717) is 41.0 Å².